The quantitative estimate of drug-likeness (QED) is 0.798. The lowest BCUT2D eigenvalue weighted by Crippen LogP contribution is -2.38. The van der Waals surface area contributed by atoms with Gasteiger partial charge in [-0.3, -0.25) is 4.79 Å². The molecule has 1 aromatic carbocycles. The average Bonchev–Trinajstić information content (AvgIpc) is 3.11. The van der Waals surface area contributed by atoms with Crippen LogP contribution in [-0.4, -0.2) is 29.2 Å². The van der Waals surface area contributed by atoms with E-state index in [9.17, 15) is 4.79 Å². The molecule has 0 spiro atoms. The summed E-state index contributed by atoms with van der Waals surface area (Å²) < 4.78 is 0. The van der Waals surface area contributed by atoms with Gasteiger partial charge in [0.25, 0.3) is 0 Å². The standard InChI is InChI=1S/C19H25ClN4OS/c1-4-19(2,3)17-22-23-18(26-17)21-16(25)13-8-10-24(11-9-13)15-7-5-6-14(20)12-15/h5-7,12-13H,4,8-11H2,1-3H3,(H,21,23,25). The zero-order valence-corrected chi connectivity index (χ0v) is 17.0. The predicted molar refractivity (Wildman–Crippen MR) is 108 cm³/mol. The minimum Gasteiger partial charge on any atom is -0.371 e. The van der Waals surface area contributed by atoms with Gasteiger partial charge in [0.2, 0.25) is 11.0 Å². The molecule has 3 rings (SSSR count). The van der Waals surface area contributed by atoms with Crippen molar-refractivity contribution >= 4 is 39.7 Å². The molecule has 1 saturated heterocycles. The van der Waals surface area contributed by atoms with Gasteiger partial charge in [-0.2, -0.15) is 0 Å². The van der Waals surface area contributed by atoms with Gasteiger partial charge in [0.05, 0.1) is 0 Å². The summed E-state index contributed by atoms with van der Waals surface area (Å²) in [4.78, 5) is 14.9. The van der Waals surface area contributed by atoms with E-state index in [0.29, 0.717) is 5.13 Å². The van der Waals surface area contributed by atoms with Crippen molar-refractivity contribution in [2.24, 2.45) is 5.92 Å². The van der Waals surface area contributed by atoms with Crippen LogP contribution in [0.25, 0.3) is 0 Å². The number of nitrogens with zero attached hydrogens (tertiary/aromatic N) is 3. The van der Waals surface area contributed by atoms with Crippen molar-refractivity contribution in [2.45, 2.75) is 45.4 Å². The molecule has 0 atom stereocenters. The number of piperidine rings is 1. The Labute approximate surface area is 163 Å². The summed E-state index contributed by atoms with van der Waals surface area (Å²) in [5.74, 6) is 0.0599. The molecule has 0 bridgehead atoms. The Bertz CT molecular complexity index is 768. The van der Waals surface area contributed by atoms with Crippen molar-refractivity contribution in [1.29, 1.82) is 0 Å². The number of hydrogen-bond donors (Lipinski definition) is 1. The van der Waals surface area contributed by atoms with Crippen molar-refractivity contribution in [2.75, 3.05) is 23.3 Å². The van der Waals surface area contributed by atoms with E-state index in [2.05, 4.69) is 47.3 Å². The average molecular weight is 393 g/mol. The topological polar surface area (TPSA) is 58.1 Å². The monoisotopic (exact) mass is 392 g/mol. The fourth-order valence-corrected chi connectivity index (χ4v) is 4.08. The SMILES string of the molecule is CCC(C)(C)c1nnc(NC(=O)C2CCN(c3cccc(Cl)c3)CC2)s1. The molecule has 0 aliphatic carbocycles. The zero-order valence-electron chi connectivity index (χ0n) is 15.5. The molecular formula is C19H25ClN4OS. The molecule has 1 aliphatic heterocycles. The van der Waals surface area contributed by atoms with E-state index in [-0.39, 0.29) is 17.2 Å². The lowest BCUT2D eigenvalue weighted by molar-refractivity contribution is -0.120. The van der Waals surface area contributed by atoms with Gasteiger partial charge in [-0.05, 0) is 37.5 Å². The summed E-state index contributed by atoms with van der Waals surface area (Å²) in [7, 11) is 0. The second kappa shape index (κ2) is 7.92. The van der Waals surface area contributed by atoms with Crippen LogP contribution >= 0.6 is 22.9 Å². The fraction of sp³-hybridized carbons (Fsp3) is 0.526. The first-order valence-electron chi connectivity index (χ1n) is 9.04. The first-order chi connectivity index (χ1) is 12.4. The first kappa shape index (κ1) is 19.1. The molecule has 0 unspecified atom stereocenters. The van der Waals surface area contributed by atoms with Gasteiger partial charge in [-0.25, -0.2) is 0 Å². The molecule has 2 heterocycles. The number of amides is 1. The summed E-state index contributed by atoms with van der Waals surface area (Å²) in [6.07, 6.45) is 2.63. The van der Waals surface area contributed by atoms with Crippen LogP contribution in [0.4, 0.5) is 10.8 Å². The fourth-order valence-electron chi connectivity index (χ4n) is 2.98. The summed E-state index contributed by atoms with van der Waals surface area (Å²) in [6.45, 7) is 8.12. The van der Waals surface area contributed by atoms with Crippen LogP contribution in [0.1, 0.15) is 45.0 Å². The Morgan fingerprint density at radius 3 is 2.73 bits per heavy atom. The maximum atomic E-state index is 12.6. The molecule has 5 nitrogen and oxygen atoms in total. The minimum atomic E-state index is -0.0110. The van der Waals surface area contributed by atoms with Gasteiger partial charge in [0.1, 0.15) is 5.01 Å². The summed E-state index contributed by atoms with van der Waals surface area (Å²) in [6, 6.07) is 7.87. The van der Waals surface area contributed by atoms with Crippen molar-refractivity contribution < 1.29 is 4.79 Å². The molecule has 1 aromatic heterocycles. The van der Waals surface area contributed by atoms with Crippen LogP contribution in [0, 0.1) is 5.92 Å². The summed E-state index contributed by atoms with van der Waals surface area (Å²) in [5.41, 5.74) is 1.11. The van der Waals surface area contributed by atoms with Gasteiger partial charge in [-0.1, -0.05) is 49.8 Å². The van der Waals surface area contributed by atoms with E-state index >= 15 is 0 Å². The van der Waals surface area contributed by atoms with Crippen LogP contribution in [0.3, 0.4) is 0 Å². The van der Waals surface area contributed by atoms with Gasteiger partial charge in [0.15, 0.2) is 0 Å². The lowest BCUT2D eigenvalue weighted by atomic mass is 9.91. The number of carbonyl (C=O) groups is 1. The predicted octanol–water partition coefficient (Wildman–Crippen LogP) is 4.73. The van der Waals surface area contributed by atoms with Gasteiger partial charge in [-0.15, -0.1) is 10.2 Å². The number of hydrogen-bond acceptors (Lipinski definition) is 5. The van der Waals surface area contributed by atoms with Gasteiger partial charge < -0.3 is 10.2 Å². The number of anilines is 2. The Balaban J connectivity index is 1.56. The first-order valence-corrected chi connectivity index (χ1v) is 10.2. The Morgan fingerprint density at radius 1 is 1.35 bits per heavy atom. The highest BCUT2D eigenvalue weighted by Crippen LogP contribution is 2.32. The second-order valence-electron chi connectivity index (χ2n) is 7.38. The molecule has 1 amide bonds. The molecule has 1 fully saturated rings. The number of nitrogens with one attached hydrogen (secondary N) is 1. The van der Waals surface area contributed by atoms with Crippen molar-refractivity contribution in [1.82, 2.24) is 10.2 Å². The van der Waals surface area contributed by atoms with Crippen LogP contribution in [0.2, 0.25) is 5.02 Å². The highest BCUT2D eigenvalue weighted by atomic mass is 35.5. The normalized spacial score (nSPS) is 15.9. The summed E-state index contributed by atoms with van der Waals surface area (Å²) in [5, 5.41) is 13.7. The van der Waals surface area contributed by atoms with Gasteiger partial charge in [0, 0.05) is 35.1 Å². The van der Waals surface area contributed by atoms with Crippen LogP contribution in [0.15, 0.2) is 24.3 Å². The maximum absolute atomic E-state index is 12.6. The van der Waals surface area contributed by atoms with E-state index in [1.54, 1.807) is 0 Å². The van der Waals surface area contributed by atoms with E-state index in [4.69, 9.17) is 11.6 Å². The number of aromatic nitrogens is 2. The molecule has 0 radical (unpaired) electrons. The largest absolute Gasteiger partial charge is 0.371 e. The smallest absolute Gasteiger partial charge is 0.229 e. The lowest BCUT2D eigenvalue weighted by Gasteiger charge is -2.32. The zero-order chi connectivity index (χ0) is 18.7. The number of rotatable bonds is 5. The third kappa shape index (κ3) is 4.35. The van der Waals surface area contributed by atoms with Crippen molar-refractivity contribution in [3.05, 3.63) is 34.3 Å². The van der Waals surface area contributed by atoms with E-state index in [1.807, 2.05) is 18.2 Å². The highest BCUT2D eigenvalue weighted by molar-refractivity contribution is 7.15. The Hall–Kier alpha value is -1.66. The number of carbonyl (C=O) groups excluding carboxylic acids is 1. The molecule has 1 N–H and O–H groups in total. The van der Waals surface area contributed by atoms with Crippen LogP contribution in [0.5, 0.6) is 0 Å². The van der Waals surface area contributed by atoms with Gasteiger partial charge >= 0.3 is 0 Å². The summed E-state index contributed by atoms with van der Waals surface area (Å²) >= 11 is 7.55. The van der Waals surface area contributed by atoms with E-state index in [1.165, 1.54) is 11.3 Å². The molecule has 7 heteroatoms. The van der Waals surface area contributed by atoms with Crippen LogP contribution < -0.4 is 10.2 Å². The third-order valence-corrected chi connectivity index (χ3v) is 6.60. The van der Waals surface area contributed by atoms with E-state index < -0.39 is 0 Å². The van der Waals surface area contributed by atoms with E-state index in [0.717, 1.165) is 48.1 Å². The number of halogens is 1. The third-order valence-electron chi connectivity index (χ3n) is 5.16. The Morgan fingerprint density at radius 2 is 2.08 bits per heavy atom. The molecule has 26 heavy (non-hydrogen) atoms. The minimum absolute atomic E-state index is 0.0110. The number of benzene rings is 1. The molecule has 140 valence electrons. The van der Waals surface area contributed by atoms with Crippen LogP contribution in [-0.2, 0) is 10.2 Å². The highest BCUT2D eigenvalue weighted by Gasteiger charge is 2.27. The molecule has 2 aromatic rings. The molecule has 1 aliphatic rings. The van der Waals surface area contributed by atoms with Crippen molar-refractivity contribution in [3.8, 4) is 0 Å². The van der Waals surface area contributed by atoms with Crippen molar-refractivity contribution in [3.63, 3.8) is 0 Å². The molecule has 0 saturated carbocycles. The maximum Gasteiger partial charge on any atom is 0.229 e. The Kier molecular flexibility index (Phi) is 5.82. The second-order valence-corrected chi connectivity index (χ2v) is 8.79. The molecular weight excluding hydrogens is 368 g/mol.